The number of carbonyl (C=O) groups is 1. The number of esters is 1. The van der Waals surface area contributed by atoms with Gasteiger partial charge in [-0.05, 0) is 92.8 Å². The minimum atomic E-state index is -0.475. The number of hydrogen-bond donors (Lipinski definition) is 0. The molecule has 0 spiro atoms. The van der Waals surface area contributed by atoms with Crippen LogP contribution in [0, 0.1) is 64.8 Å². The van der Waals surface area contributed by atoms with Crippen molar-refractivity contribution in [1.29, 1.82) is 0 Å². The summed E-state index contributed by atoms with van der Waals surface area (Å²) in [5, 5.41) is 0. The molecule has 4 aliphatic rings. The van der Waals surface area contributed by atoms with Crippen molar-refractivity contribution in [2.45, 2.75) is 194 Å². The van der Waals surface area contributed by atoms with Crippen LogP contribution in [-0.2, 0) is 9.53 Å². The Morgan fingerprint density at radius 2 is 1.26 bits per heavy atom. The number of unbranched alkanes of at least 4 members (excludes halogenated alkanes) is 19. The van der Waals surface area contributed by atoms with Gasteiger partial charge in [0.15, 0.2) is 0 Å². The van der Waals surface area contributed by atoms with Gasteiger partial charge in [0.05, 0.1) is 0 Å². The highest BCUT2D eigenvalue weighted by Crippen LogP contribution is 2.63. The third kappa shape index (κ3) is 11.8. The molecule has 0 radical (unpaired) electrons. The van der Waals surface area contributed by atoms with Crippen molar-refractivity contribution in [3.63, 3.8) is 0 Å². The van der Waals surface area contributed by atoms with Gasteiger partial charge in [-0.3, -0.25) is 0 Å². The maximum absolute atomic E-state index is 12.2. The zero-order chi connectivity index (χ0) is 32.3. The zero-order valence-electron chi connectivity index (χ0n) is 30.2. The molecule has 1 unspecified atom stereocenters. The maximum Gasteiger partial charge on any atom is 0.398 e. The average Bonchev–Trinajstić information content (AvgIpc) is 3.41. The first-order chi connectivity index (χ1) is 22.6. The Hall–Kier alpha value is -1.67. The average molecular weight is 631 g/mol. The summed E-state index contributed by atoms with van der Waals surface area (Å²) in [4.78, 5) is 12.2. The van der Waals surface area contributed by atoms with E-state index in [1.54, 1.807) is 0 Å². The van der Waals surface area contributed by atoms with Crippen LogP contribution in [0.5, 0.6) is 0 Å². The van der Waals surface area contributed by atoms with Crippen LogP contribution < -0.4 is 0 Å². The van der Waals surface area contributed by atoms with Crippen molar-refractivity contribution < 1.29 is 9.53 Å². The summed E-state index contributed by atoms with van der Waals surface area (Å²) >= 11 is 0. The van der Waals surface area contributed by atoms with Gasteiger partial charge >= 0.3 is 5.97 Å². The minimum Gasteiger partial charge on any atom is -0.362 e. The molecule has 0 heterocycles. The molecule has 2 heteroatoms. The normalized spacial score (nSPS) is 29.4. The molecule has 4 aliphatic carbocycles. The topological polar surface area (TPSA) is 26.3 Å². The summed E-state index contributed by atoms with van der Waals surface area (Å²) < 4.78 is 5.27. The van der Waals surface area contributed by atoms with Gasteiger partial charge in [-0.2, -0.15) is 0 Å². The summed E-state index contributed by atoms with van der Waals surface area (Å²) in [5.41, 5.74) is 0.288. The lowest BCUT2D eigenvalue weighted by Crippen LogP contribution is -2.47. The molecule has 2 nitrogen and oxygen atoms in total. The molecule has 7 atom stereocenters. The first-order valence-corrected chi connectivity index (χ1v) is 20.5. The van der Waals surface area contributed by atoms with E-state index in [1.807, 2.05) is 0 Å². The standard InChI is InChI=1S/C44H70O2/c1-3-4-5-6-7-8-9-10-11-12-13-14-15-16-17-18-19-20-21-22-23-28-43(45)46-36-34-38-30-32-42-41-31-29-37-26-24-25-27-39(37)40(41)33-35-44(38,42)2/h24-25,37-42H,3-22,26-27,29-33,35H2,1-2H3/t37?,38-,39-,40+,41+,42-,44+/m0/s1. The van der Waals surface area contributed by atoms with E-state index in [0.717, 1.165) is 48.9 Å². The van der Waals surface area contributed by atoms with E-state index in [0.29, 0.717) is 5.92 Å². The molecule has 4 rings (SSSR count). The van der Waals surface area contributed by atoms with Crippen LogP contribution in [0.25, 0.3) is 0 Å². The Morgan fingerprint density at radius 3 is 1.89 bits per heavy atom. The molecular formula is C44H70O2. The summed E-state index contributed by atoms with van der Waals surface area (Å²) in [6, 6.07) is 0. The van der Waals surface area contributed by atoms with E-state index in [-0.39, 0.29) is 5.41 Å². The maximum atomic E-state index is 12.2. The van der Waals surface area contributed by atoms with Crippen LogP contribution in [0.2, 0.25) is 0 Å². The largest absolute Gasteiger partial charge is 0.398 e. The molecule has 0 aromatic heterocycles. The van der Waals surface area contributed by atoms with Crippen molar-refractivity contribution in [3.8, 4) is 23.9 Å². The fourth-order valence-corrected chi connectivity index (χ4v) is 10.3. The molecule has 0 bridgehead atoms. The summed E-state index contributed by atoms with van der Waals surface area (Å²) in [7, 11) is 0. The third-order valence-corrected chi connectivity index (χ3v) is 13.0. The summed E-state index contributed by atoms with van der Waals surface area (Å²) in [5.74, 6) is 13.5. The van der Waals surface area contributed by atoms with Crippen molar-refractivity contribution in [3.05, 3.63) is 12.2 Å². The lowest BCUT2D eigenvalue weighted by Gasteiger charge is -2.54. The number of allylic oxidation sites excluding steroid dienone is 2. The molecule has 3 fully saturated rings. The van der Waals surface area contributed by atoms with Gasteiger partial charge in [0, 0.05) is 18.3 Å². The summed E-state index contributed by atoms with van der Waals surface area (Å²) in [6.45, 7) is 4.79. The third-order valence-electron chi connectivity index (χ3n) is 13.0. The fourth-order valence-electron chi connectivity index (χ4n) is 10.3. The van der Waals surface area contributed by atoms with Gasteiger partial charge in [-0.25, -0.2) is 4.79 Å². The molecule has 0 amide bonds. The van der Waals surface area contributed by atoms with Crippen molar-refractivity contribution in [2.75, 3.05) is 0 Å². The Balaban J connectivity index is 0.963. The SMILES string of the molecule is CCCCCCCCCCCCCCCCCCCCCC#CC(=O)OC#C[C@@H]1CC[C@H]2[C@@H]3CCC4CC=CC[C@@H]4[C@H]3CC[C@]12C. The lowest BCUT2D eigenvalue weighted by molar-refractivity contribution is -0.130. The fraction of sp³-hybridized carbons (Fsp3) is 0.841. The number of carbonyl (C=O) groups excluding carboxylic acids is 1. The highest BCUT2D eigenvalue weighted by molar-refractivity contribution is 5.89. The molecule has 0 N–H and O–H groups in total. The van der Waals surface area contributed by atoms with Crippen LogP contribution in [0.15, 0.2) is 12.2 Å². The van der Waals surface area contributed by atoms with Gasteiger partial charge < -0.3 is 4.74 Å². The van der Waals surface area contributed by atoms with Crippen LogP contribution in [0.3, 0.4) is 0 Å². The Labute approximate surface area is 285 Å². The Kier molecular flexibility index (Phi) is 17.2. The number of ether oxygens (including phenoxy) is 1. The van der Waals surface area contributed by atoms with Crippen molar-refractivity contribution in [1.82, 2.24) is 0 Å². The quantitative estimate of drug-likeness (QED) is 0.0466. The second kappa shape index (κ2) is 21.3. The molecule has 258 valence electrons. The van der Waals surface area contributed by atoms with Gasteiger partial charge in [-0.15, -0.1) is 0 Å². The van der Waals surface area contributed by atoms with Crippen molar-refractivity contribution >= 4 is 5.97 Å². The molecule has 0 aromatic rings. The molecule has 3 saturated carbocycles. The first kappa shape index (κ1) is 37.2. The van der Waals surface area contributed by atoms with Crippen LogP contribution in [-0.4, -0.2) is 5.97 Å². The van der Waals surface area contributed by atoms with Crippen LogP contribution >= 0.6 is 0 Å². The van der Waals surface area contributed by atoms with Crippen LogP contribution in [0.1, 0.15) is 194 Å². The predicted octanol–water partition coefficient (Wildman–Crippen LogP) is 12.8. The molecule has 0 aromatic carbocycles. The van der Waals surface area contributed by atoms with Gasteiger partial charge in [-0.1, -0.05) is 153 Å². The van der Waals surface area contributed by atoms with Gasteiger partial charge in [0.2, 0.25) is 0 Å². The predicted molar refractivity (Wildman–Crippen MR) is 195 cm³/mol. The second-order valence-corrected chi connectivity index (χ2v) is 16.1. The second-order valence-electron chi connectivity index (χ2n) is 16.1. The van der Waals surface area contributed by atoms with Crippen molar-refractivity contribution in [2.24, 2.45) is 40.9 Å². The molecule has 0 saturated heterocycles. The first-order valence-electron chi connectivity index (χ1n) is 20.5. The van der Waals surface area contributed by atoms with E-state index in [2.05, 4.69) is 49.9 Å². The molecule has 46 heavy (non-hydrogen) atoms. The Morgan fingerprint density at radius 1 is 0.674 bits per heavy atom. The number of hydrogen-bond acceptors (Lipinski definition) is 2. The highest BCUT2D eigenvalue weighted by Gasteiger charge is 2.56. The van der Waals surface area contributed by atoms with E-state index >= 15 is 0 Å². The number of rotatable bonds is 19. The van der Waals surface area contributed by atoms with E-state index in [1.165, 1.54) is 161 Å². The van der Waals surface area contributed by atoms with E-state index < -0.39 is 5.97 Å². The van der Waals surface area contributed by atoms with Gasteiger partial charge in [0.1, 0.15) is 6.11 Å². The van der Waals surface area contributed by atoms with Gasteiger partial charge in [0.25, 0.3) is 0 Å². The van der Waals surface area contributed by atoms with E-state index in [4.69, 9.17) is 4.74 Å². The minimum absolute atomic E-state index is 0.288. The molecule has 0 aliphatic heterocycles. The monoisotopic (exact) mass is 631 g/mol. The van der Waals surface area contributed by atoms with Crippen LogP contribution in [0.4, 0.5) is 0 Å². The van der Waals surface area contributed by atoms with E-state index in [9.17, 15) is 4.79 Å². The highest BCUT2D eigenvalue weighted by atomic mass is 16.5. The smallest absolute Gasteiger partial charge is 0.362 e. The summed E-state index contributed by atoms with van der Waals surface area (Å²) in [6.07, 6.45) is 45.4. The zero-order valence-corrected chi connectivity index (χ0v) is 30.2. The molecular weight excluding hydrogens is 560 g/mol. The Bertz CT molecular complexity index is 1020. The number of fused-ring (bicyclic) bond motifs is 5. The lowest BCUT2D eigenvalue weighted by atomic mass is 9.50.